The monoisotopic (exact) mass is 228 g/mol. The molecule has 0 aromatic heterocycles. The molecular weight excluding hydrogens is 208 g/mol. The highest BCUT2D eigenvalue weighted by molar-refractivity contribution is 5.29. The van der Waals surface area contributed by atoms with Crippen LogP contribution in [0, 0.1) is 23.2 Å². The Kier molecular flexibility index (Phi) is 3.81. The van der Waals surface area contributed by atoms with Crippen molar-refractivity contribution in [1.29, 1.82) is 5.26 Å². The van der Waals surface area contributed by atoms with Crippen molar-refractivity contribution in [3.63, 3.8) is 0 Å². The first-order valence-electron chi connectivity index (χ1n) is 6.39. The average molecular weight is 228 g/mol. The number of fused-ring (bicyclic) bond motifs is 1. The summed E-state index contributed by atoms with van der Waals surface area (Å²) in [6.45, 7) is 7.25. The maximum Gasteiger partial charge on any atom is 0.0672 e. The van der Waals surface area contributed by atoms with Gasteiger partial charge in [-0.05, 0) is 23.5 Å². The number of nitrogens with zero attached hydrogens (tertiary/aromatic N) is 2. The lowest BCUT2D eigenvalue weighted by molar-refractivity contribution is 0.212. The van der Waals surface area contributed by atoms with Crippen LogP contribution < -0.4 is 0 Å². The fourth-order valence-corrected chi connectivity index (χ4v) is 2.39. The molecule has 1 aliphatic rings. The molecule has 90 valence electrons. The highest BCUT2D eigenvalue weighted by atomic mass is 15.1. The molecule has 1 heterocycles. The van der Waals surface area contributed by atoms with E-state index in [4.69, 9.17) is 5.26 Å². The summed E-state index contributed by atoms with van der Waals surface area (Å²) >= 11 is 0. The van der Waals surface area contributed by atoms with E-state index in [1.165, 1.54) is 11.1 Å². The number of rotatable bonds is 3. The lowest BCUT2D eigenvalue weighted by Crippen LogP contribution is -2.35. The third-order valence-electron chi connectivity index (χ3n) is 3.64. The minimum Gasteiger partial charge on any atom is -0.297 e. The number of hydrogen-bond donors (Lipinski definition) is 0. The molecule has 2 nitrogen and oxygen atoms in total. The molecule has 0 fully saturated rings. The Morgan fingerprint density at radius 2 is 2.00 bits per heavy atom. The average Bonchev–Trinajstić information content (AvgIpc) is 2.35. The number of hydrogen-bond acceptors (Lipinski definition) is 2. The van der Waals surface area contributed by atoms with Crippen molar-refractivity contribution in [2.24, 2.45) is 11.8 Å². The molecule has 0 saturated heterocycles. The molecule has 0 N–H and O–H groups in total. The summed E-state index contributed by atoms with van der Waals surface area (Å²) in [5.74, 6) is 0.595. The van der Waals surface area contributed by atoms with E-state index >= 15 is 0 Å². The van der Waals surface area contributed by atoms with Crippen LogP contribution in [0.25, 0.3) is 0 Å². The minimum atomic E-state index is 0.153. The highest BCUT2D eigenvalue weighted by Gasteiger charge is 2.20. The van der Waals surface area contributed by atoms with Gasteiger partial charge in [-0.15, -0.1) is 0 Å². The molecular formula is C15H20N2. The van der Waals surface area contributed by atoms with Gasteiger partial charge in [0, 0.05) is 19.6 Å². The fourth-order valence-electron chi connectivity index (χ4n) is 2.39. The van der Waals surface area contributed by atoms with E-state index in [0.29, 0.717) is 5.92 Å². The summed E-state index contributed by atoms with van der Waals surface area (Å²) in [7, 11) is 0. The zero-order chi connectivity index (χ0) is 12.3. The summed E-state index contributed by atoms with van der Waals surface area (Å²) in [6, 6.07) is 11.1. The first kappa shape index (κ1) is 12.1. The standard InChI is InChI=1S/C15H20N2/c1-12(2)15(9-16)11-17-8-7-13-5-3-4-6-14(13)10-17/h3-6,12,15H,7-8,10-11H2,1-2H3. The second kappa shape index (κ2) is 5.33. The normalized spacial score (nSPS) is 17.5. The van der Waals surface area contributed by atoms with Crippen molar-refractivity contribution >= 4 is 0 Å². The van der Waals surface area contributed by atoms with Gasteiger partial charge in [-0.1, -0.05) is 38.1 Å². The smallest absolute Gasteiger partial charge is 0.0672 e. The zero-order valence-corrected chi connectivity index (χ0v) is 10.7. The second-order valence-electron chi connectivity index (χ2n) is 5.23. The summed E-state index contributed by atoms with van der Waals surface area (Å²) in [4.78, 5) is 2.41. The Labute approximate surface area is 104 Å². The van der Waals surface area contributed by atoms with Crippen LogP contribution in [0.2, 0.25) is 0 Å². The van der Waals surface area contributed by atoms with Gasteiger partial charge < -0.3 is 0 Å². The molecule has 0 spiro atoms. The van der Waals surface area contributed by atoms with Gasteiger partial charge in [-0.25, -0.2) is 0 Å². The first-order valence-corrected chi connectivity index (χ1v) is 6.39. The summed E-state index contributed by atoms with van der Waals surface area (Å²) < 4.78 is 0. The topological polar surface area (TPSA) is 27.0 Å². The van der Waals surface area contributed by atoms with Crippen LogP contribution in [0.3, 0.4) is 0 Å². The zero-order valence-electron chi connectivity index (χ0n) is 10.7. The Hall–Kier alpha value is -1.33. The van der Waals surface area contributed by atoms with Gasteiger partial charge in [-0.2, -0.15) is 5.26 Å². The van der Waals surface area contributed by atoms with Crippen molar-refractivity contribution in [2.75, 3.05) is 13.1 Å². The van der Waals surface area contributed by atoms with Crippen LogP contribution in [-0.2, 0) is 13.0 Å². The Balaban J connectivity index is 2.01. The summed E-state index contributed by atoms with van der Waals surface area (Å²) in [5, 5.41) is 9.15. The van der Waals surface area contributed by atoms with E-state index in [1.807, 2.05) is 0 Å². The van der Waals surface area contributed by atoms with Crippen LogP contribution in [0.5, 0.6) is 0 Å². The van der Waals surface area contributed by atoms with Gasteiger partial charge in [0.15, 0.2) is 0 Å². The van der Waals surface area contributed by atoms with E-state index in [1.54, 1.807) is 0 Å². The van der Waals surface area contributed by atoms with Gasteiger partial charge in [0.05, 0.1) is 12.0 Å². The van der Waals surface area contributed by atoms with E-state index in [9.17, 15) is 0 Å². The van der Waals surface area contributed by atoms with E-state index in [0.717, 1.165) is 26.1 Å². The van der Waals surface area contributed by atoms with E-state index < -0.39 is 0 Å². The molecule has 2 heteroatoms. The predicted octanol–water partition coefficient (Wildman–Crippen LogP) is 2.84. The predicted molar refractivity (Wildman–Crippen MR) is 69.4 cm³/mol. The second-order valence-corrected chi connectivity index (χ2v) is 5.23. The van der Waals surface area contributed by atoms with Crippen molar-refractivity contribution in [2.45, 2.75) is 26.8 Å². The van der Waals surface area contributed by atoms with Gasteiger partial charge in [0.1, 0.15) is 0 Å². The molecule has 0 aliphatic carbocycles. The van der Waals surface area contributed by atoms with Crippen LogP contribution in [0.4, 0.5) is 0 Å². The first-order chi connectivity index (χ1) is 8.20. The lowest BCUT2D eigenvalue weighted by atomic mass is 9.94. The number of nitriles is 1. The molecule has 1 aliphatic heterocycles. The van der Waals surface area contributed by atoms with Gasteiger partial charge >= 0.3 is 0 Å². The summed E-state index contributed by atoms with van der Waals surface area (Å²) in [5.41, 5.74) is 2.90. The Morgan fingerprint density at radius 1 is 1.29 bits per heavy atom. The van der Waals surface area contributed by atoms with Crippen LogP contribution in [0.1, 0.15) is 25.0 Å². The van der Waals surface area contributed by atoms with Crippen molar-refractivity contribution in [3.8, 4) is 6.07 Å². The molecule has 17 heavy (non-hydrogen) atoms. The summed E-state index contributed by atoms with van der Waals surface area (Å²) in [6.07, 6.45) is 1.12. The molecule has 1 aromatic rings. The quantitative estimate of drug-likeness (QED) is 0.795. The molecule has 0 amide bonds. The van der Waals surface area contributed by atoms with Gasteiger partial charge in [0.2, 0.25) is 0 Å². The van der Waals surface area contributed by atoms with Crippen molar-refractivity contribution in [3.05, 3.63) is 35.4 Å². The highest BCUT2D eigenvalue weighted by Crippen LogP contribution is 2.21. The Bertz CT molecular complexity index is 417. The molecule has 0 bridgehead atoms. The van der Waals surface area contributed by atoms with E-state index in [2.05, 4.69) is 49.1 Å². The number of benzene rings is 1. The largest absolute Gasteiger partial charge is 0.297 e. The lowest BCUT2D eigenvalue weighted by Gasteiger charge is -2.31. The van der Waals surface area contributed by atoms with Gasteiger partial charge in [0.25, 0.3) is 0 Å². The molecule has 1 unspecified atom stereocenters. The molecule has 0 radical (unpaired) electrons. The Morgan fingerprint density at radius 3 is 2.65 bits per heavy atom. The fraction of sp³-hybridized carbons (Fsp3) is 0.533. The van der Waals surface area contributed by atoms with Crippen LogP contribution in [0.15, 0.2) is 24.3 Å². The van der Waals surface area contributed by atoms with Gasteiger partial charge in [-0.3, -0.25) is 4.90 Å². The molecule has 1 aromatic carbocycles. The van der Waals surface area contributed by atoms with Crippen molar-refractivity contribution < 1.29 is 0 Å². The van der Waals surface area contributed by atoms with Crippen molar-refractivity contribution in [1.82, 2.24) is 4.90 Å². The van der Waals surface area contributed by atoms with Crippen LogP contribution in [-0.4, -0.2) is 18.0 Å². The minimum absolute atomic E-state index is 0.153. The van der Waals surface area contributed by atoms with Crippen LogP contribution >= 0.6 is 0 Å². The molecule has 2 rings (SSSR count). The molecule has 0 saturated carbocycles. The van der Waals surface area contributed by atoms with E-state index in [-0.39, 0.29) is 5.92 Å². The maximum atomic E-state index is 9.15. The third kappa shape index (κ3) is 2.87. The third-order valence-corrected chi connectivity index (χ3v) is 3.64. The maximum absolute atomic E-state index is 9.15. The SMILES string of the molecule is CC(C)C(C#N)CN1CCc2ccccc2C1. The molecule has 1 atom stereocenters.